The minimum atomic E-state index is -1.32. The highest BCUT2D eigenvalue weighted by molar-refractivity contribution is 7.16. The van der Waals surface area contributed by atoms with Crippen molar-refractivity contribution < 1.29 is 29.8 Å². The lowest BCUT2D eigenvalue weighted by molar-refractivity contribution is -0.892. The van der Waals surface area contributed by atoms with Gasteiger partial charge in [-0.05, 0) is 12.5 Å². The number of quaternary nitrogens is 1. The summed E-state index contributed by atoms with van der Waals surface area (Å²) in [5.74, 6) is -1.69. The van der Waals surface area contributed by atoms with Gasteiger partial charge in [-0.25, -0.2) is 0 Å². The first kappa shape index (κ1) is 17.6. The number of carboxylic acids is 1. The van der Waals surface area contributed by atoms with Crippen LogP contribution in [-0.4, -0.2) is 54.9 Å². The van der Waals surface area contributed by atoms with Crippen LogP contribution in [0.5, 0.6) is 0 Å². The fourth-order valence-corrected chi connectivity index (χ4v) is 2.88. The van der Waals surface area contributed by atoms with Crippen molar-refractivity contribution in [3.8, 4) is 0 Å². The van der Waals surface area contributed by atoms with Crippen LogP contribution in [0.15, 0.2) is 6.07 Å². The highest BCUT2D eigenvalue weighted by Crippen LogP contribution is 2.27. The quantitative estimate of drug-likeness (QED) is 0.401. The molecule has 0 fully saturated rings. The van der Waals surface area contributed by atoms with Gasteiger partial charge in [-0.2, -0.15) is 0 Å². The van der Waals surface area contributed by atoms with E-state index in [2.05, 4.69) is 5.32 Å². The second-order valence-electron chi connectivity index (χ2n) is 4.52. The molecule has 0 aliphatic heterocycles. The Balaban J connectivity index is 2.73. The zero-order chi connectivity index (χ0) is 15.8. The van der Waals surface area contributed by atoms with E-state index in [1.165, 1.54) is 17.4 Å². The van der Waals surface area contributed by atoms with E-state index in [0.29, 0.717) is 19.5 Å². The first-order chi connectivity index (χ1) is 10.0. The molecular weight excluding hydrogens is 296 g/mol. The molecule has 0 bridgehead atoms. The van der Waals surface area contributed by atoms with Gasteiger partial charge in [0.15, 0.2) is 6.54 Å². The van der Waals surface area contributed by atoms with Crippen molar-refractivity contribution in [3.05, 3.63) is 16.5 Å². The number of thiophene rings is 1. The number of rotatable bonds is 9. The molecule has 0 aromatic carbocycles. The Labute approximate surface area is 126 Å². The molecule has 0 atom stereocenters. The smallest absolute Gasteiger partial charge is 0.280 e. The molecule has 1 heterocycles. The third kappa shape index (κ3) is 5.43. The van der Waals surface area contributed by atoms with Crippen LogP contribution in [0.25, 0.3) is 0 Å². The maximum absolute atomic E-state index is 11.9. The van der Waals surface area contributed by atoms with Crippen LogP contribution in [-0.2, 0) is 11.2 Å². The van der Waals surface area contributed by atoms with Crippen LogP contribution < -0.4 is 15.3 Å². The first-order valence-electron chi connectivity index (χ1n) is 6.71. The van der Waals surface area contributed by atoms with E-state index < -0.39 is 5.97 Å². The van der Waals surface area contributed by atoms with Gasteiger partial charge in [0.05, 0.1) is 19.2 Å². The van der Waals surface area contributed by atoms with Crippen LogP contribution in [0.3, 0.4) is 0 Å². The van der Waals surface area contributed by atoms with Gasteiger partial charge in [0, 0.05) is 10.4 Å². The summed E-state index contributed by atoms with van der Waals surface area (Å²) in [6.45, 7) is 2.44. The Morgan fingerprint density at radius 2 is 1.95 bits per heavy atom. The zero-order valence-electron chi connectivity index (χ0n) is 11.8. The van der Waals surface area contributed by atoms with E-state index in [4.69, 9.17) is 10.2 Å². The molecule has 118 valence electrons. The average Bonchev–Trinajstić information content (AvgIpc) is 2.82. The SMILES string of the molecule is CCc1cc(C(=O)[O-])c(NC(=O)C[NH+](CCO)CCO)s1. The van der Waals surface area contributed by atoms with E-state index in [9.17, 15) is 14.7 Å². The first-order valence-corrected chi connectivity index (χ1v) is 7.52. The maximum Gasteiger partial charge on any atom is 0.280 e. The third-order valence-electron chi connectivity index (χ3n) is 2.95. The van der Waals surface area contributed by atoms with Crippen LogP contribution in [0, 0.1) is 0 Å². The molecule has 4 N–H and O–H groups in total. The lowest BCUT2D eigenvalue weighted by atomic mass is 10.2. The van der Waals surface area contributed by atoms with Gasteiger partial charge in [0.25, 0.3) is 5.91 Å². The molecular formula is C13H20N2O5S. The Hall–Kier alpha value is -1.48. The van der Waals surface area contributed by atoms with Crippen molar-refractivity contribution in [1.82, 2.24) is 0 Å². The molecule has 21 heavy (non-hydrogen) atoms. The van der Waals surface area contributed by atoms with Crippen molar-refractivity contribution in [2.45, 2.75) is 13.3 Å². The van der Waals surface area contributed by atoms with Crippen molar-refractivity contribution >= 4 is 28.2 Å². The number of aromatic carboxylic acids is 1. The van der Waals surface area contributed by atoms with Crippen LogP contribution >= 0.6 is 11.3 Å². The number of aliphatic hydroxyl groups is 2. The molecule has 0 saturated heterocycles. The normalized spacial score (nSPS) is 10.9. The van der Waals surface area contributed by atoms with Gasteiger partial charge in [-0.3, -0.25) is 4.79 Å². The predicted molar refractivity (Wildman–Crippen MR) is 76.4 cm³/mol. The highest BCUT2D eigenvalue weighted by Gasteiger charge is 2.17. The largest absolute Gasteiger partial charge is 0.545 e. The van der Waals surface area contributed by atoms with Crippen LogP contribution in [0.1, 0.15) is 22.2 Å². The number of hydrogen-bond acceptors (Lipinski definition) is 6. The van der Waals surface area contributed by atoms with Gasteiger partial charge in [0.2, 0.25) is 0 Å². The fraction of sp³-hybridized carbons (Fsp3) is 0.538. The van der Waals surface area contributed by atoms with Gasteiger partial charge < -0.3 is 30.3 Å². The summed E-state index contributed by atoms with van der Waals surface area (Å²) in [6, 6.07) is 1.50. The molecule has 1 aromatic heterocycles. The Kier molecular flexibility index (Phi) is 7.30. The number of nitrogens with one attached hydrogen (secondary N) is 2. The number of carbonyl (C=O) groups is 2. The van der Waals surface area contributed by atoms with E-state index >= 15 is 0 Å². The highest BCUT2D eigenvalue weighted by atomic mass is 32.1. The summed E-state index contributed by atoms with van der Waals surface area (Å²) in [6.07, 6.45) is 0.674. The molecule has 0 saturated carbocycles. The Morgan fingerprint density at radius 3 is 2.43 bits per heavy atom. The zero-order valence-corrected chi connectivity index (χ0v) is 12.7. The van der Waals surface area contributed by atoms with Crippen molar-refractivity contribution in [2.75, 3.05) is 38.2 Å². The van der Waals surface area contributed by atoms with Crippen LogP contribution in [0.2, 0.25) is 0 Å². The molecule has 1 aromatic rings. The van der Waals surface area contributed by atoms with E-state index in [0.717, 1.165) is 9.78 Å². The molecule has 1 amide bonds. The van der Waals surface area contributed by atoms with Crippen molar-refractivity contribution in [1.29, 1.82) is 0 Å². The van der Waals surface area contributed by atoms with Gasteiger partial charge >= 0.3 is 0 Å². The number of amides is 1. The van der Waals surface area contributed by atoms with E-state index in [1.807, 2.05) is 6.92 Å². The lowest BCUT2D eigenvalue weighted by Gasteiger charge is -2.16. The van der Waals surface area contributed by atoms with Crippen molar-refractivity contribution in [3.63, 3.8) is 0 Å². The maximum atomic E-state index is 11.9. The molecule has 0 spiro atoms. The van der Waals surface area contributed by atoms with Gasteiger partial charge in [-0.1, -0.05) is 6.92 Å². The molecule has 0 aliphatic carbocycles. The minimum Gasteiger partial charge on any atom is -0.545 e. The number of carboxylic acid groups (broad SMARTS) is 1. The number of aryl methyl sites for hydroxylation is 1. The summed E-state index contributed by atoms with van der Waals surface area (Å²) in [7, 11) is 0. The molecule has 7 nitrogen and oxygen atoms in total. The lowest BCUT2D eigenvalue weighted by Crippen LogP contribution is -3.14. The Bertz CT molecular complexity index is 483. The standard InChI is InChI=1S/C13H20N2O5S/c1-2-9-7-10(13(19)20)12(21-9)14-11(18)8-15(3-5-16)4-6-17/h7,16-17H,2-6,8H2,1H3,(H,14,18)(H,19,20). The topological polar surface area (TPSA) is 114 Å². The predicted octanol–water partition coefficient (Wildman–Crippen LogP) is -2.52. The number of carbonyl (C=O) groups excluding carboxylic acids is 2. The number of aliphatic hydroxyl groups excluding tert-OH is 2. The molecule has 0 aliphatic rings. The number of hydrogen-bond donors (Lipinski definition) is 4. The monoisotopic (exact) mass is 316 g/mol. The van der Waals surface area contributed by atoms with E-state index in [1.54, 1.807) is 0 Å². The van der Waals surface area contributed by atoms with Gasteiger partial charge in [0.1, 0.15) is 18.1 Å². The summed E-state index contributed by atoms with van der Waals surface area (Å²) in [4.78, 5) is 24.5. The molecule has 0 unspecified atom stereocenters. The van der Waals surface area contributed by atoms with E-state index in [-0.39, 0.29) is 36.2 Å². The Morgan fingerprint density at radius 1 is 1.33 bits per heavy atom. The van der Waals surface area contributed by atoms with Crippen LogP contribution in [0.4, 0.5) is 5.00 Å². The van der Waals surface area contributed by atoms with Gasteiger partial charge in [-0.15, -0.1) is 11.3 Å². The number of anilines is 1. The second-order valence-corrected chi connectivity index (χ2v) is 5.66. The summed E-state index contributed by atoms with van der Waals surface area (Å²) >= 11 is 1.21. The summed E-state index contributed by atoms with van der Waals surface area (Å²) in [5.41, 5.74) is -0.0175. The van der Waals surface area contributed by atoms with Crippen molar-refractivity contribution in [2.24, 2.45) is 0 Å². The summed E-state index contributed by atoms with van der Waals surface area (Å²) < 4.78 is 0. The fourth-order valence-electron chi connectivity index (χ4n) is 1.88. The molecule has 1 rings (SSSR count). The molecule has 0 radical (unpaired) electrons. The minimum absolute atomic E-state index is 0.0175. The third-order valence-corrected chi connectivity index (χ3v) is 4.14. The summed E-state index contributed by atoms with van der Waals surface area (Å²) in [5, 5.41) is 31.7. The second kappa shape index (κ2) is 8.73. The average molecular weight is 316 g/mol. The molecule has 8 heteroatoms.